The van der Waals surface area contributed by atoms with Gasteiger partial charge in [0.2, 0.25) is 5.91 Å². The van der Waals surface area contributed by atoms with Gasteiger partial charge in [0, 0.05) is 52.4 Å². The third-order valence-electron chi connectivity index (χ3n) is 6.03. The van der Waals surface area contributed by atoms with E-state index in [9.17, 15) is 18.0 Å². The monoisotopic (exact) mass is 448 g/mol. The molecule has 0 spiro atoms. The van der Waals surface area contributed by atoms with Crippen molar-refractivity contribution in [2.75, 3.05) is 69.2 Å². The molecule has 1 aromatic heterocycles. The lowest BCUT2D eigenvalue weighted by Gasteiger charge is -2.36. The third kappa shape index (κ3) is 5.29. The smallest absolute Gasteiger partial charge is 0.353 e. The Morgan fingerprint density at radius 3 is 1.97 bits per heavy atom. The highest BCUT2D eigenvalue weighted by Gasteiger charge is 2.31. The first kappa shape index (κ1) is 22.3. The zero-order valence-electron chi connectivity index (χ0n) is 18.1. The van der Waals surface area contributed by atoms with Crippen molar-refractivity contribution < 1.29 is 18.0 Å². The number of piperazine rings is 2. The highest BCUT2D eigenvalue weighted by molar-refractivity contribution is 5.79. The number of aromatic nitrogens is 2. The Balaban J connectivity index is 1.30. The molecule has 7 nitrogen and oxygen atoms in total. The van der Waals surface area contributed by atoms with Gasteiger partial charge in [-0.3, -0.25) is 4.79 Å². The highest BCUT2D eigenvalue weighted by atomic mass is 19.4. The predicted octanol–water partition coefficient (Wildman–Crippen LogP) is 2.14. The quantitative estimate of drug-likeness (QED) is 0.715. The molecule has 2 aromatic rings. The van der Waals surface area contributed by atoms with E-state index >= 15 is 0 Å². The van der Waals surface area contributed by atoms with Crippen LogP contribution in [0.25, 0.3) is 0 Å². The van der Waals surface area contributed by atoms with Crippen molar-refractivity contribution in [2.45, 2.75) is 12.6 Å². The van der Waals surface area contributed by atoms with Gasteiger partial charge in [0.25, 0.3) is 0 Å². The summed E-state index contributed by atoms with van der Waals surface area (Å²) in [4.78, 5) is 20.9. The van der Waals surface area contributed by atoms with Gasteiger partial charge in [0.05, 0.1) is 12.0 Å². The van der Waals surface area contributed by atoms with Crippen molar-refractivity contribution in [3.8, 4) is 0 Å². The molecule has 2 aliphatic heterocycles. The summed E-state index contributed by atoms with van der Waals surface area (Å²) in [7, 11) is 2.11. The molecule has 10 heteroatoms. The summed E-state index contributed by atoms with van der Waals surface area (Å²) in [6.45, 7) is 6.07. The van der Waals surface area contributed by atoms with Gasteiger partial charge in [-0.25, -0.2) is 0 Å². The molecule has 4 rings (SSSR count). The number of anilines is 2. The molecule has 2 aliphatic rings. The van der Waals surface area contributed by atoms with Crippen LogP contribution >= 0.6 is 0 Å². The summed E-state index contributed by atoms with van der Waals surface area (Å²) in [5, 5.41) is 8.76. The second-order valence-corrected chi connectivity index (χ2v) is 8.28. The molecule has 0 saturated carbocycles. The first-order valence-corrected chi connectivity index (χ1v) is 10.8. The van der Waals surface area contributed by atoms with E-state index in [1.54, 1.807) is 11.0 Å². The van der Waals surface area contributed by atoms with Crippen LogP contribution in [0, 0.1) is 0 Å². The average Bonchev–Trinajstić information content (AvgIpc) is 2.79. The SMILES string of the molecule is CN1CCN(c2ccc(N3CCN(C(=O)Cc4cccc(C(F)(F)F)c4)CC3)nn2)CC1. The second-order valence-electron chi connectivity index (χ2n) is 8.28. The van der Waals surface area contributed by atoms with E-state index in [-0.39, 0.29) is 12.3 Å². The van der Waals surface area contributed by atoms with Crippen LogP contribution in [0.3, 0.4) is 0 Å². The molecule has 3 heterocycles. The van der Waals surface area contributed by atoms with E-state index in [1.165, 1.54) is 6.07 Å². The fraction of sp³-hybridized carbons (Fsp3) is 0.500. The molecule has 0 atom stereocenters. The Bertz CT molecular complexity index is 920. The van der Waals surface area contributed by atoms with Gasteiger partial charge in [0.15, 0.2) is 11.6 Å². The second kappa shape index (κ2) is 9.32. The lowest BCUT2D eigenvalue weighted by Crippen LogP contribution is -2.49. The maximum Gasteiger partial charge on any atom is 0.416 e. The Labute approximate surface area is 185 Å². The Kier molecular flexibility index (Phi) is 6.50. The van der Waals surface area contributed by atoms with Crippen LogP contribution < -0.4 is 9.80 Å². The minimum absolute atomic E-state index is 0.0382. The molecular weight excluding hydrogens is 421 g/mol. The van der Waals surface area contributed by atoms with E-state index in [4.69, 9.17) is 0 Å². The number of alkyl halides is 3. The topological polar surface area (TPSA) is 55.8 Å². The molecule has 172 valence electrons. The maximum absolute atomic E-state index is 12.9. The van der Waals surface area contributed by atoms with Gasteiger partial charge in [0.1, 0.15) is 0 Å². The standard InChI is InChI=1S/C22H27F3N6O/c1-28-7-9-29(10-8-28)19-5-6-20(27-26-19)30-11-13-31(14-12-30)21(32)16-17-3-2-4-18(15-17)22(23,24)25/h2-6,15H,7-14,16H2,1H3. The van der Waals surface area contributed by atoms with E-state index in [0.717, 1.165) is 49.9 Å². The Hall–Kier alpha value is -2.88. The van der Waals surface area contributed by atoms with Gasteiger partial charge < -0.3 is 19.6 Å². The number of halogens is 3. The van der Waals surface area contributed by atoms with Crippen LogP contribution in [-0.2, 0) is 17.4 Å². The summed E-state index contributed by atoms with van der Waals surface area (Å²) < 4.78 is 38.7. The molecule has 0 N–H and O–H groups in total. The lowest BCUT2D eigenvalue weighted by molar-refractivity contribution is -0.138. The van der Waals surface area contributed by atoms with Gasteiger partial charge in [-0.1, -0.05) is 18.2 Å². The summed E-state index contributed by atoms with van der Waals surface area (Å²) in [5.74, 6) is 1.48. The minimum atomic E-state index is -4.41. The van der Waals surface area contributed by atoms with Crippen molar-refractivity contribution in [3.05, 3.63) is 47.5 Å². The fourth-order valence-electron chi connectivity index (χ4n) is 4.02. The van der Waals surface area contributed by atoms with E-state index in [2.05, 4.69) is 31.9 Å². The van der Waals surface area contributed by atoms with Crippen LogP contribution in [0.2, 0.25) is 0 Å². The number of benzene rings is 1. The van der Waals surface area contributed by atoms with Crippen LogP contribution in [-0.4, -0.2) is 85.3 Å². The third-order valence-corrected chi connectivity index (χ3v) is 6.03. The van der Waals surface area contributed by atoms with Gasteiger partial charge in [-0.05, 0) is 30.8 Å². The van der Waals surface area contributed by atoms with Crippen LogP contribution in [0.5, 0.6) is 0 Å². The van der Waals surface area contributed by atoms with Gasteiger partial charge in [-0.15, -0.1) is 10.2 Å². The number of rotatable bonds is 4. The summed E-state index contributed by atoms with van der Waals surface area (Å²) in [5.41, 5.74) is -0.358. The number of hydrogen-bond donors (Lipinski definition) is 0. The molecule has 1 amide bonds. The van der Waals surface area contributed by atoms with Crippen molar-refractivity contribution in [1.82, 2.24) is 20.0 Å². The zero-order chi connectivity index (χ0) is 22.7. The van der Waals surface area contributed by atoms with Crippen molar-refractivity contribution in [2.24, 2.45) is 0 Å². The molecule has 0 unspecified atom stereocenters. The largest absolute Gasteiger partial charge is 0.416 e. The van der Waals surface area contributed by atoms with E-state index < -0.39 is 11.7 Å². The van der Waals surface area contributed by atoms with Crippen LogP contribution in [0.4, 0.5) is 24.8 Å². The Morgan fingerprint density at radius 2 is 1.44 bits per heavy atom. The number of carbonyl (C=O) groups is 1. The number of nitrogens with zero attached hydrogens (tertiary/aromatic N) is 6. The van der Waals surface area contributed by atoms with Crippen molar-refractivity contribution >= 4 is 17.5 Å². The molecule has 0 bridgehead atoms. The number of carbonyl (C=O) groups excluding carboxylic acids is 1. The highest BCUT2D eigenvalue weighted by Crippen LogP contribution is 2.29. The molecule has 2 saturated heterocycles. The lowest BCUT2D eigenvalue weighted by atomic mass is 10.1. The summed E-state index contributed by atoms with van der Waals surface area (Å²) >= 11 is 0. The number of amides is 1. The molecular formula is C22H27F3N6O. The van der Waals surface area contributed by atoms with Gasteiger partial charge in [-0.2, -0.15) is 13.2 Å². The van der Waals surface area contributed by atoms with Crippen LogP contribution in [0.15, 0.2) is 36.4 Å². The number of hydrogen-bond acceptors (Lipinski definition) is 6. The van der Waals surface area contributed by atoms with Crippen molar-refractivity contribution in [1.29, 1.82) is 0 Å². The average molecular weight is 448 g/mol. The van der Waals surface area contributed by atoms with Crippen LogP contribution in [0.1, 0.15) is 11.1 Å². The zero-order valence-corrected chi connectivity index (χ0v) is 18.1. The maximum atomic E-state index is 12.9. The normalized spacial score (nSPS) is 18.2. The van der Waals surface area contributed by atoms with E-state index in [1.807, 2.05) is 12.1 Å². The van der Waals surface area contributed by atoms with E-state index in [0.29, 0.717) is 31.7 Å². The molecule has 2 fully saturated rings. The minimum Gasteiger partial charge on any atom is -0.353 e. The molecule has 0 aliphatic carbocycles. The first-order chi connectivity index (χ1) is 15.3. The van der Waals surface area contributed by atoms with Gasteiger partial charge >= 0.3 is 6.18 Å². The van der Waals surface area contributed by atoms with Crippen molar-refractivity contribution in [3.63, 3.8) is 0 Å². The number of likely N-dealkylation sites (N-methyl/N-ethyl adjacent to an activating group) is 1. The molecule has 0 radical (unpaired) electrons. The molecule has 1 aromatic carbocycles. The fourth-order valence-corrected chi connectivity index (χ4v) is 4.02. The summed E-state index contributed by atoms with van der Waals surface area (Å²) in [6.07, 6.45) is -4.45. The summed E-state index contributed by atoms with van der Waals surface area (Å²) in [6, 6.07) is 8.91. The predicted molar refractivity (Wildman–Crippen MR) is 116 cm³/mol. The molecule has 32 heavy (non-hydrogen) atoms. The first-order valence-electron chi connectivity index (χ1n) is 10.8. The Morgan fingerprint density at radius 1 is 0.875 bits per heavy atom.